The van der Waals surface area contributed by atoms with Gasteiger partial charge in [0.1, 0.15) is 11.8 Å². The van der Waals surface area contributed by atoms with E-state index < -0.39 is 6.04 Å². The zero-order chi connectivity index (χ0) is 14.7. The number of hydrogen-bond acceptors (Lipinski definition) is 4. The fraction of sp³-hybridized carbons (Fsp3) is 0.333. The number of nitrogens with zero attached hydrogens (tertiary/aromatic N) is 3. The summed E-state index contributed by atoms with van der Waals surface area (Å²) in [5.41, 5.74) is 3.68. The van der Waals surface area contributed by atoms with Crippen LogP contribution in [0.25, 0.3) is 0 Å². The molecule has 1 atom stereocenters. The van der Waals surface area contributed by atoms with Gasteiger partial charge in [0.15, 0.2) is 0 Å². The van der Waals surface area contributed by atoms with Gasteiger partial charge in [0.05, 0.1) is 18.9 Å². The molecule has 0 radical (unpaired) electrons. The molecule has 1 unspecified atom stereocenters. The highest BCUT2D eigenvalue weighted by Gasteiger charge is 2.19. The molecule has 2 aromatic rings. The maximum Gasteiger partial charge on any atom is 0.143 e. The van der Waals surface area contributed by atoms with Crippen molar-refractivity contribution in [1.82, 2.24) is 9.78 Å². The fourth-order valence-electron chi connectivity index (χ4n) is 2.23. The molecule has 0 saturated heterocycles. The van der Waals surface area contributed by atoms with Gasteiger partial charge in [-0.3, -0.25) is 4.68 Å². The van der Waals surface area contributed by atoms with Gasteiger partial charge in [-0.05, 0) is 38.1 Å². The second-order valence-electron chi connectivity index (χ2n) is 4.64. The number of ether oxygens (including phenoxy) is 1. The smallest absolute Gasteiger partial charge is 0.143 e. The zero-order valence-corrected chi connectivity index (χ0v) is 12.1. The second kappa shape index (κ2) is 5.66. The third-order valence-electron chi connectivity index (χ3n) is 3.38. The number of hydrogen-bond donors (Lipinski definition) is 1. The number of nitrogens with one attached hydrogen (secondary N) is 1. The van der Waals surface area contributed by atoms with Crippen molar-refractivity contribution in [2.45, 2.75) is 19.9 Å². The average molecular weight is 270 g/mol. The Kier molecular flexibility index (Phi) is 3.94. The monoisotopic (exact) mass is 270 g/mol. The largest absolute Gasteiger partial charge is 0.497 e. The predicted molar refractivity (Wildman–Crippen MR) is 77.7 cm³/mol. The molecule has 1 N–H and O–H groups in total. The van der Waals surface area contributed by atoms with Crippen molar-refractivity contribution >= 4 is 5.69 Å². The predicted octanol–water partition coefficient (Wildman–Crippen LogP) is 2.72. The summed E-state index contributed by atoms with van der Waals surface area (Å²) in [6, 6.07) is 9.38. The van der Waals surface area contributed by atoms with Crippen molar-refractivity contribution < 1.29 is 4.74 Å². The van der Waals surface area contributed by atoms with Crippen LogP contribution in [0.5, 0.6) is 5.75 Å². The average Bonchev–Trinajstić information content (AvgIpc) is 2.71. The van der Waals surface area contributed by atoms with E-state index >= 15 is 0 Å². The summed E-state index contributed by atoms with van der Waals surface area (Å²) in [7, 11) is 3.51. The molecule has 0 aliphatic rings. The van der Waals surface area contributed by atoms with Crippen LogP contribution in [-0.4, -0.2) is 16.9 Å². The molecule has 20 heavy (non-hydrogen) atoms. The third-order valence-corrected chi connectivity index (χ3v) is 3.38. The Balaban J connectivity index is 2.27. The molecule has 0 aliphatic carbocycles. The maximum absolute atomic E-state index is 9.43. The second-order valence-corrected chi connectivity index (χ2v) is 4.64. The SMILES string of the molecule is COc1ccc(NC(C#N)c2c(C)nn(C)c2C)cc1. The van der Waals surface area contributed by atoms with E-state index in [9.17, 15) is 5.26 Å². The van der Waals surface area contributed by atoms with E-state index in [4.69, 9.17) is 4.74 Å². The molecular weight excluding hydrogens is 252 g/mol. The standard InChI is InChI=1S/C15H18N4O/c1-10-15(11(2)19(3)18-10)14(9-16)17-12-5-7-13(20-4)8-6-12/h5-8,14,17H,1-4H3. The summed E-state index contributed by atoms with van der Waals surface area (Å²) in [6.45, 7) is 3.89. The molecule has 0 fully saturated rings. The van der Waals surface area contributed by atoms with E-state index in [1.807, 2.05) is 45.2 Å². The molecule has 0 saturated carbocycles. The van der Waals surface area contributed by atoms with Crippen molar-refractivity contribution in [2.75, 3.05) is 12.4 Å². The quantitative estimate of drug-likeness (QED) is 0.927. The molecule has 2 rings (SSSR count). The van der Waals surface area contributed by atoms with Gasteiger partial charge in [-0.1, -0.05) is 0 Å². The Morgan fingerprint density at radius 1 is 1.30 bits per heavy atom. The summed E-state index contributed by atoms with van der Waals surface area (Å²) in [5.74, 6) is 0.790. The zero-order valence-electron chi connectivity index (χ0n) is 12.1. The lowest BCUT2D eigenvalue weighted by Crippen LogP contribution is -2.10. The summed E-state index contributed by atoms with van der Waals surface area (Å²) >= 11 is 0. The number of anilines is 1. The first-order valence-corrected chi connectivity index (χ1v) is 6.37. The van der Waals surface area contributed by atoms with E-state index in [1.54, 1.807) is 11.8 Å². The van der Waals surface area contributed by atoms with Crippen molar-refractivity contribution in [3.63, 3.8) is 0 Å². The summed E-state index contributed by atoms with van der Waals surface area (Å²) < 4.78 is 6.92. The molecule has 5 nitrogen and oxygen atoms in total. The Labute approximate surface area is 118 Å². The van der Waals surface area contributed by atoms with E-state index in [1.165, 1.54) is 0 Å². The highest BCUT2D eigenvalue weighted by Crippen LogP contribution is 2.25. The number of methoxy groups -OCH3 is 1. The first-order chi connectivity index (χ1) is 9.56. The molecular formula is C15H18N4O. The van der Waals surface area contributed by atoms with Crippen molar-refractivity contribution in [3.05, 3.63) is 41.2 Å². The first kappa shape index (κ1) is 13.9. The maximum atomic E-state index is 9.43. The lowest BCUT2D eigenvalue weighted by Gasteiger charge is -2.14. The third kappa shape index (κ3) is 2.59. The lowest BCUT2D eigenvalue weighted by atomic mass is 10.1. The first-order valence-electron chi connectivity index (χ1n) is 6.37. The fourth-order valence-corrected chi connectivity index (χ4v) is 2.23. The lowest BCUT2D eigenvalue weighted by molar-refractivity contribution is 0.415. The summed E-state index contributed by atoms with van der Waals surface area (Å²) in [4.78, 5) is 0. The molecule has 0 spiro atoms. The van der Waals surface area contributed by atoms with Gasteiger partial charge in [0.25, 0.3) is 0 Å². The minimum Gasteiger partial charge on any atom is -0.497 e. The summed E-state index contributed by atoms with van der Waals surface area (Å²) in [6.07, 6.45) is 0. The van der Waals surface area contributed by atoms with Gasteiger partial charge in [0.2, 0.25) is 0 Å². The van der Waals surface area contributed by atoms with Gasteiger partial charge >= 0.3 is 0 Å². The highest BCUT2D eigenvalue weighted by atomic mass is 16.5. The topological polar surface area (TPSA) is 62.9 Å². The molecule has 0 amide bonds. The molecule has 0 aliphatic heterocycles. The molecule has 5 heteroatoms. The van der Waals surface area contributed by atoms with Crippen molar-refractivity contribution in [2.24, 2.45) is 7.05 Å². The van der Waals surface area contributed by atoms with E-state index in [-0.39, 0.29) is 0 Å². The Morgan fingerprint density at radius 3 is 2.40 bits per heavy atom. The van der Waals surface area contributed by atoms with Crippen LogP contribution in [0.2, 0.25) is 0 Å². The van der Waals surface area contributed by atoms with Gasteiger partial charge < -0.3 is 10.1 Å². The molecule has 1 aromatic heterocycles. The minimum atomic E-state index is -0.419. The van der Waals surface area contributed by atoms with Gasteiger partial charge in [-0.25, -0.2) is 0 Å². The van der Waals surface area contributed by atoms with Crippen molar-refractivity contribution in [1.29, 1.82) is 5.26 Å². The number of rotatable bonds is 4. The van der Waals surface area contributed by atoms with Crippen LogP contribution in [0.4, 0.5) is 5.69 Å². The Morgan fingerprint density at radius 2 is 1.95 bits per heavy atom. The minimum absolute atomic E-state index is 0.419. The van der Waals surface area contributed by atoms with Crippen LogP contribution < -0.4 is 10.1 Å². The highest BCUT2D eigenvalue weighted by molar-refractivity contribution is 5.50. The summed E-state index contributed by atoms with van der Waals surface area (Å²) in [5, 5.41) is 17.0. The molecule has 104 valence electrons. The van der Waals surface area contributed by atoms with Crippen LogP contribution in [0, 0.1) is 25.2 Å². The van der Waals surface area contributed by atoms with Crippen molar-refractivity contribution in [3.8, 4) is 11.8 Å². The normalized spacial score (nSPS) is 11.8. The number of nitriles is 1. The Hall–Kier alpha value is -2.48. The molecule has 1 heterocycles. The van der Waals surface area contributed by atoms with E-state index in [0.29, 0.717) is 0 Å². The van der Waals surface area contributed by atoms with Crippen LogP contribution in [0.15, 0.2) is 24.3 Å². The van der Waals surface area contributed by atoms with E-state index in [2.05, 4.69) is 16.5 Å². The number of aromatic nitrogens is 2. The van der Waals surface area contributed by atoms with Crippen LogP contribution in [-0.2, 0) is 7.05 Å². The van der Waals surface area contributed by atoms with Crippen LogP contribution in [0.1, 0.15) is 23.0 Å². The molecule has 0 bridgehead atoms. The van der Waals surface area contributed by atoms with E-state index in [0.717, 1.165) is 28.4 Å². The van der Waals surface area contributed by atoms with Crippen LogP contribution >= 0.6 is 0 Å². The van der Waals surface area contributed by atoms with Crippen LogP contribution in [0.3, 0.4) is 0 Å². The van der Waals surface area contributed by atoms with Gasteiger partial charge in [0, 0.05) is 24.0 Å². The van der Waals surface area contributed by atoms with Gasteiger partial charge in [-0.15, -0.1) is 0 Å². The number of aryl methyl sites for hydroxylation is 2. The van der Waals surface area contributed by atoms with Gasteiger partial charge in [-0.2, -0.15) is 10.4 Å². The Bertz CT molecular complexity index is 637. The number of benzene rings is 1. The molecule has 1 aromatic carbocycles.